The molecular formula is C21H21N3O7. The van der Waals surface area contributed by atoms with Gasteiger partial charge in [0.15, 0.2) is 6.10 Å². The molecule has 2 aromatic rings. The Morgan fingerprint density at radius 2 is 1.90 bits per heavy atom. The topological polar surface area (TPSA) is 128 Å². The fourth-order valence-electron chi connectivity index (χ4n) is 3.10. The number of carbonyl (C=O) groups is 3. The van der Waals surface area contributed by atoms with Crippen molar-refractivity contribution in [2.75, 3.05) is 23.4 Å². The molecule has 31 heavy (non-hydrogen) atoms. The van der Waals surface area contributed by atoms with E-state index < -0.39 is 28.8 Å². The number of rotatable bonds is 7. The maximum Gasteiger partial charge on any atom is 0.338 e. The summed E-state index contributed by atoms with van der Waals surface area (Å²) in [6.07, 6.45) is -0.409. The van der Waals surface area contributed by atoms with Crippen LogP contribution in [0.15, 0.2) is 42.5 Å². The third-order valence-corrected chi connectivity index (χ3v) is 4.61. The van der Waals surface area contributed by atoms with E-state index in [9.17, 15) is 24.5 Å². The largest absolute Gasteiger partial charge is 0.478 e. The quantitative estimate of drug-likeness (QED) is 0.409. The number of benzene rings is 2. The first-order valence-electron chi connectivity index (χ1n) is 9.67. The van der Waals surface area contributed by atoms with Gasteiger partial charge in [-0.2, -0.15) is 0 Å². The summed E-state index contributed by atoms with van der Waals surface area (Å²) in [7, 11) is 0. The fraction of sp³-hybridized carbons (Fsp3) is 0.286. The third kappa shape index (κ3) is 4.80. The number of hydrogen-bond acceptors (Lipinski definition) is 7. The molecule has 0 spiro atoms. The zero-order valence-corrected chi connectivity index (χ0v) is 17.0. The third-order valence-electron chi connectivity index (χ3n) is 4.61. The van der Waals surface area contributed by atoms with Crippen molar-refractivity contribution in [1.82, 2.24) is 0 Å². The SMILES string of the molecule is CCOC(=O)c1ccc(NC(=O)CN2C(=O)C(CC)Oc3ccc([N+](=O)[O-])cc32)cc1. The van der Waals surface area contributed by atoms with Crippen LogP contribution in [0.3, 0.4) is 0 Å². The molecule has 0 bridgehead atoms. The van der Waals surface area contributed by atoms with Crippen LogP contribution in [-0.2, 0) is 14.3 Å². The maximum absolute atomic E-state index is 12.8. The van der Waals surface area contributed by atoms with Crippen molar-refractivity contribution in [2.24, 2.45) is 0 Å². The molecule has 1 N–H and O–H groups in total. The molecule has 10 heteroatoms. The molecule has 1 aliphatic rings. The molecule has 162 valence electrons. The zero-order valence-electron chi connectivity index (χ0n) is 17.0. The lowest BCUT2D eigenvalue weighted by Gasteiger charge is -2.33. The monoisotopic (exact) mass is 427 g/mol. The molecule has 0 fully saturated rings. The summed E-state index contributed by atoms with van der Waals surface area (Å²) < 4.78 is 10.5. The molecule has 1 unspecified atom stereocenters. The van der Waals surface area contributed by atoms with Crippen LogP contribution in [0.1, 0.15) is 30.6 Å². The minimum Gasteiger partial charge on any atom is -0.478 e. The van der Waals surface area contributed by atoms with Crippen LogP contribution in [0.4, 0.5) is 17.1 Å². The fourth-order valence-corrected chi connectivity index (χ4v) is 3.10. The summed E-state index contributed by atoms with van der Waals surface area (Å²) in [5.74, 6) is -1.14. The second-order valence-electron chi connectivity index (χ2n) is 6.69. The van der Waals surface area contributed by atoms with E-state index in [0.717, 1.165) is 0 Å². The predicted octanol–water partition coefficient (Wildman–Crippen LogP) is 2.91. The second-order valence-corrected chi connectivity index (χ2v) is 6.69. The summed E-state index contributed by atoms with van der Waals surface area (Å²) in [4.78, 5) is 48.8. The van der Waals surface area contributed by atoms with E-state index in [4.69, 9.17) is 9.47 Å². The van der Waals surface area contributed by atoms with Gasteiger partial charge in [0.05, 0.1) is 22.8 Å². The van der Waals surface area contributed by atoms with Gasteiger partial charge in [-0.15, -0.1) is 0 Å². The Bertz CT molecular complexity index is 1020. The van der Waals surface area contributed by atoms with Crippen molar-refractivity contribution in [2.45, 2.75) is 26.4 Å². The Kier molecular flexibility index (Phi) is 6.49. The Hall–Kier alpha value is -3.95. The van der Waals surface area contributed by atoms with Gasteiger partial charge in [-0.3, -0.25) is 24.6 Å². The number of nitro benzene ring substituents is 1. The van der Waals surface area contributed by atoms with Crippen molar-refractivity contribution in [1.29, 1.82) is 0 Å². The molecule has 1 atom stereocenters. The summed E-state index contributed by atoms with van der Waals surface area (Å²) in [6, 6.07) is 10.0. The Morgan fingerprint density at radius 1 is 1.19 bits per heavy atom. The highest BCUT2D eigenvalue weighted by Crippen LogP contribution is 2.37. The van der Waals surface area contributed by atoms with Gasteiger partial charge in [-0.1, -0.05) is 6.92 Å². The van der Waals surface area contributed by atoms with Crippen molar-refractivity contribution in [3.63, 3.8) is 0 Å². The van der Waals surface area contributed by atoms with Gasteiger partial charge in [0.25, 0.3) is 11.6 Å². The molecule has 1 aliphatic heterocycles. The number of nitrogens with zero attached hydrogens (tertiary/aromatic N) is 2. The van der Waals surface area contributed by atoms with Crippen LogP contribution in [0.5, 0.6) is 5.75 Å². The van der Waals surface area contributed by atoms with Crippen LogP contribution in [0, 0.1) is 10.1 Å². The molecule has 0 radical (unpaired) electrons. The number of hydrogen-bond donors (Lipinski definition) is 1. The summed E-state index contributed by atoms with van der Waals surface area (Å²) in [5, 5.41) is 13.8. The molecule has 0 saturated carbocycles. The summed E-state index contributed by atoms with van der Waals surface area (Å²) >= 11 is 0. The average Bonchev–Trinajstić information content (AvgIpc) is 2.75. The van der Waals surface area contributed by atoms with Gasteiger partial charge >= 0.3 is 5.97 Å². The molecule has 0 aliphatic carbocycles. The smallest absolute Gasteiger partial charge is 0.338 e. The van der Waals surface area contributed by atoms with Crippen LogP contribution in [0.25, 0.3) is 0 Å². The molecule has 0 saturated heterocycles. The van der Waals surface area contributed by atoms with E-state index in [1.54, 1.807) is 26.0 Å². The van der Waals surface area contributed by atoms with Crippen molar-refractivity contribution >= 4 is 34.8 Å². The zero-order chi connectivity index (χ0) is 22.5. The van der Waals surface area contributed by atoms with E-state index in [1.165, 1.54) is 35.2 Å². The number of nitrogens with one attached hydrogen (secondary N) is 1. The van der Waals surface area contributed by atoms with E-state index in [0.29, 0.717) is 23.4 Å². The summed E-state index contributed by atoms with van der Waals surface area (Å²) in [5.41, 5.74) is 0.710. The first kappa shape index (κ1) is 21.8. The number of esters is 1. The molecule has 3 rings (SSSR count). The Labute approximate surface area is 177 Å². The molecule has 1 heterocycles. The lowest BCUT2D eigenvalue weighted by Crippen LogP contribution is -2.48. The number of ether oxygens (including phenoxy) is 2. The first-order chi connectivity index (χ1) is 14.8. The van der Waals surface area contributed by atoms with Gasteiger partial charge in [0, 0.05) is 17.8 Å². The van der Waals surface area contributed by atoms with Crippen LogP contribution < -0.4 is 15.0 Å². The number of non-ortho nitro benzene ring substituents is 1. The van der Waals surface area contributed by atoms with Crippen molar-refractivity contribution < 1.29 is 28.8 Å². The highest BCUT2D eigenvalue weighted by Gasteiger charge is 2.35. The average molecular weight is 427 g/mol. The van der Waals surface area contributed by atoms with E-state index in [1.807, 2.05) is 0 Å². The van der Waals surface area contributed by atoms with E-state index in [-0.39, 0.29) is 24.5 Å². The van der Waals surface area contributed by atoms with E-state index in [2.05, 4.69) is 5.32 Å². The highest BCUT2D eigenvalue weighted by atomic mass is 16.6. The minimum atomic E-state index is -0.786. The van der Waals surface area contributed by atoms with Gasteiger partial charge in [-0.05, 0) is 43.7 Å². The first-order valence-corrected chi connectivity index (χ1v) is 9.67. The molecule has 2 amide bonds. The normalized spacial score (nSPS) is 15.0. The molecule has 10 nitrogen and oxygen atoms in total. The second kappa shape index (κ2) is 9.24. The number of fused-ring (bicyclic) bond motifs is 1. The van der Waals surface area contributed by atoms with Crippen LogP contribution >= 0.6 is 0 Å². The van der Waals surface area contributed by atoms with Gasteiger partial charge < -0.3 is 14.8 Å². The van der Waals surface area contributed by atoms with Crippen LogP contribution in [0.2, 0.25) is 0 Å². The van der Waals surface area contributed by atoms with Gasteiger partial charge in [0.1, 0.15) is 12.3 Å². The number of anilines is 2. The lowest BCUT2D eigenvalue weighted by atomic mass is 10.1. The van der Waals surface area contributed by atoms with Gasteiger partial charge in [0.2, 0.25) is 5.91 Å². The lowest BCUT2D eigenvalue weighted by molar-refractivity contribution is -0.384. The van der Waals surface area contributed by atoms with E-state index >= 15 is 0 Å². The standard InChI is InChI=1S/C21H21N3O7/c1-3-17-20(26)23(16-11-15(24(28)29)9-10-18(16)31-17)12-19(25)22-14-7-5-13(6-8-14)21(27)30-4-2/h5-11,17H,3-4,12H2,1-2H3,(H,22,25). The highest BCUT2D eigenvalue weighted by molar-refractivity contribution is 6.06. The number of nitro groups is 1. The molecule has 2 aromatic carbocycles. The molecule has 0 aromatic heterocycles. The van der Waals surface area contributed by atoms with Crippen molar-refractivity contribution in [3.8, 4) is 5.75 Å². The summed E-state index contributed by atoms with van der Waals surface area (Å²) in [6.45, 7) is 3.37. The number of carbonyl (C=O) groups excluding carboxylic acids is 3. The Morgan fingerprint density at radius 3 is 2.52 bits per heavy atom. The Balaban J connectivity index is 1.78. The van der Waals surface area contributed by atoms with Gasteiger partial charge in [-0.25, -0.2) is 4.79 Å². The molecular weight excluding hydrogens is 406 g/mol. The maximum atomic E-state index is 12.8. The van der Waals surface area contributed by atoms with Crippen LogP contribution in [-0.4, -0.2) is 42.0 Å². The minimum absolute atomic E-state index is 0.164. The van der Waals surface area contributed by atoms with Crippen molar-refractivity contribution in [3.05, 3.63) is 58.1 Å². The number of amides is 2. The predicted molar refractivity (Wildman–Crippen MR) is 111 cm³/mol.